The van der Waals surface area contributed by atoms with Crippen LogP contribution in [0.25, 0.3) is 0 Å². The average molecular weight is 654 g/mol. The maximum atomic E-state index is 14.7. The molecule has 4 aromatic carbocycles. The molecular formula is C38H43N3O5S. The Morgan fingerprint density at radius 3 is 2.13 bits per heavy atom. The summed E-state index contributed by atoms with van der Waals surface area (Å²) in [6.07, 6.45) is 4.18. The SMILES string of the molecule is COc1ccc(S(=O)(=O)N(CC(=O)N(Cc2ccccc2C)[C@@H](Cc2ccccc2)C(=O)NC2CCCC2)c2ccc(C)cc2)cc1. The minimum absolute atomic E-state index is 0.0249. The maximum Gasteiger partial charge on any atom is 0.264 e. The van der Waals surface area contributed by atoms with E-state index in [1.807, 2.05) is 80.6 Å². The number of anilines is 1. The molecule has 0 heterocycles. The van der Waals surface area contributed by atoms with E-state index in [0.29, 0.717) is 11.4 Å². The second-order valence-corrected chi connectivity index (χ2v) is 14.0. The fraction of sp³-hybridized carbons (Fsp3) is 0.316. The third kappa shape index (κ3) is 8.40. The van der Waals surface area contributed by atoms with Gasteiger partial charge in [-0.15, -0.1) is 0 Å². The van der Waals surface area contributed by atoms with Crippen molar-refractivity contribution in [3.63, 3.8) is 0 Å². The van der Waals surface area contributed by atoms with E-state index in [-0.39, 0.29) is 29.8 Å². The van der Waals surface area contributed by atoms with Gasteiger partial charge in [0, 0.05) is 19.0 Å². The number of ether oxygens (including phenoxy) is 1. The van der Waals surface area contributed by atoms with E-state index in [4.69, 9.17) is 4.74 Å². The fourth-order valence-corrected chi connectivity index (χ4v) is 7.42. The van der Waals surface area contributed by atoms with Crippen molar-refractivity contribution in [2.24, 2.45) is 0 Å². The highest BCUT2D eigenvalue weighted by atomic mass is 32.2. The van der Waals surface area contributed by atoms with E-state index in [1.54, 1.807) is 29.2 Å². The molecule has 1 N–H and O–H groups in total. The summed E-state index contributed by atoms with van der Waals surface area (Å²) in [5.74, 6) is -0.195. The van der Waals surface area contributed by atoms with Crippen LogP contribution in [-0.2, 0) is 32.6 Å². The van der Waals surface area contributed by atoms with Crippen LogP contribution in [0.2, 0.25) is 0 Å². The van der Waals surface area contributed by atoms with Gasteiger partial charge < -0.3 is 15.0 Å². The van der Waals surface area contributed by atoms with Crippen LogP contribution in [0.5, 0.6) is 5.75 Å². The summed E-state index contributed by atoms with van der Waals surface area (Å²) >= 11 is 0. The highest BCUT2D eigenvalue weighted by Crippen LogP contribution is 2.27. The van der Waals surface area contributed by atoms with Crippen LogP contribution in [-0.4, -0.2) is 50.9 Å². The molecular weight excluding hydrogens is 611 g/mol. The molecule has 0 spiro atoms. The molecule has 1 aliphatic carbocycles. The predicted molar refractivity (Wildman–Crippen MR) is 185 cm³/mol. The molecule has 47 heavy (non-hydrogen) atoms. The number of nitrogens with zero attached hydrogens (tertiary/aromatic N) is 2. The molecule has 0 saturated heterocycles. The van der Waals surface area contributed by atoms with Gasteiger partial charge >= 0.3 is 0 Å². The minimum Gasteiger partial charge on any atom is -0.497 e. The first kappa shape index (κ1) is 33.7. The second-order valence-electron chi connectivity index (χ2n) is 12.2. The largest absolute Gasteiger partial charge is 0.497 e. The van der Waals surface area contributed by atoms with Crippen molar-refractivity contribution >= 4 is 27.5 Å². The summed E-state index contributed by atoms with van der Waals surface area (Å²) in [5.41, 5.74) is 4.07. The van der Waals surface area contributed by atoms with Crippen LogP contribution in [0, 0.1) is 13.8 Å². The van der Waals surface area contributed by atoms with Gasteiger partial charge in [0.15, 0.2) is 0 Å². The number of methoxy groups -OCH3 is 1. The van der Waals surface area contributed by atoms with Crippen molar-refractivity contribution in [2.45, 2.75) is 69.5 Å². The molecule has 9 heteroatoms. The fourth-order valence-electron chi connectivity index (χ4n) is 6.01. The predicted octanol–water partition coefficient (Wildman–Crippen LogP) is 6.21. The Hall–Kier alpha value is -4.63. The number of carbonyl (C=O) groups excluding carboxylic acids is 2. The second kappa shape index (κ2) is 15.3. The molecule has 5 rings (SSSR count). The van der Waals surface area contributed by atoms with Crippen molar-refractivity contribution in [1.82, 2.24) is 10.2 Å². The van der Waals surface area contributed by atoms with Crippen LogP contribution in [0.4, 0.5) is 5.69 Å². The van der Waals surface area contributed by atoms with Gasteiger partial charge in [-0.05, 0) is 79.8 Å². The Bertz CT molecular complexity index is 1750. The first-order valence-electron chi connectivity index (χ1n) is 16.1. The molecule has 0 aromatic heterocycles. The molecule has 0 bridgehead atoms. The van der Waals surface area contributed by atoms with Gasteiger partial charge in [-0.1, -0.05) is 85.1 Å². The standard InChI is InChI=1S/C38H43N3O5S/c1-28-17-19-33(20-18-28)41(47(44,45)35-23-21-34(46-3)22-24-35)27-37(42)40(26-31-14-8-7-11-29(31)2)36(25-30-12-5-4-6-13-30)38(43)39-32-15-9-10-16-32/h4-8,11-14,17-24,32,36H,9-10,15-16,25-27H2,1-3H3,(H,39,43)/t36-/m0/s1. The first-order chi connectivity index (χ1) is 22.7. The molecule has 4 aromatic rings. The molecule has 1 saturated carbocycles. The van der Waals surface area contributed by atoms with Crippen LogP contribution in [0.1, 0.15) is 47.9 Å². The molecule has 8 nitrogen and oxygen atoms in total. The van der Waals surface area contributed by atoms with Gasteiger partial charge in [0.25, 0.3) is 10.0 Å². The van der Waals surface area contributed by atoms with E-state index in [9.17, 15) is 18.0 Å². The van der Waals surface area contributed by atoms with Crippen molar-refractivity contribution in [1.29, 1.82) is 0 Å². The van der Waals surface area contributed by atoms with E-state index in [2.05, 4.69) is 5.32 Å². The highest BCUT2D eigenvalue weighted by Gasteiger charge is 2.35. The summed E-state index contributed by atoms with van der Waals surface area (Å²) < 4.78 is 34.9. The van der Waals surface area contributed by atoms with Crippen molar-refractivity contribution in [2.75, 3.05) is 18.0 Å². The van der Waals surface area contributed by atoms with Gasteiger partial charge in [0.2, 0.25) is 11.8 Å². The molecule has 0 aliphatic heterocycles. The van der Waals surface area contributed by atoms with Gasteiger partial charge in [0.1, 0.15) is 18.3 Å². The Morgan fingerprint density at radius 2 is 1.49 bits per heavy atom. The normalized spacial score (nSPS) is 13.9. The smallest absolute Gasteiger partial charge is 0.264 e. The Labute approximate surface area is 278 Å². The van der Waals surface area contributed by atoms with Gasteiger partial charge in [-0.25, -0.2) is 8.42 Å². The van der Waals surface area contributed by atoms with Crippen LogP contribution in [0.3, 0.4) is 0 Å². The van der Waals surface area contributed by atoms with Crippen LogP contribution in [0.15, 0.2) is 108 Å². The molecule has 0 unspecified atom stereocenters. The van der Waals surface area contributed by atoms with Gasteiger partial charge in [0.05, 0.1) is 17.7 Å². The monoisotopic (exact) mass is 653 g/mol. The van der Waals surface area contributed by atoms with Crippen LogP contribution >= 0.6 is 0 Å². The summed E-state index contributed by atoms with van der Waals surface area (Å²) in [5, 5.41) is 3.22. The van der Waals surface area contributed by atoms with Gasteiger partial charge in [-0.2, -0.15) is 0 Å². The number of amides is 2. The molecule has 1 aliphatic rings. The maximum absolute atomic E-state index is 14.7. The first-order valence-corrected chi connectivity index (χ1v) is 17.5. The number of hydrogen-bond donors (Lipinski definition) is 1. The van der Waals surface area contributed by atoms with E-state index in [1.165, 1.54) is 19.2 Å². The quantitative estimate of drug-likeness (QED) is 0.185. The summed E-state index contributed by atoms with van der Waals surface area (Å²) in [6, 6.07) is 29.7. The lowest BCUT2D eigenvalue weighted by molar-refractivity contribution is -0.140. The molecule has 246 valence electrons. The third-order valence-corrected chi connectivity index (χ3v) is 10.6. The zero-order chi connectivity index (χ0) is 33.4. The van der Waals surface area contributed by atoms with Crippen molar-refractivity contribution < 1.29 is 22.7 Å². The lowest BCUT2D eigenvalue weighted by Crippen LogP contribution is -2.54. The third-order valence-electron chi connectivity index (χ3n) is 8.82. The summed E-state index contributed by atoms with van der Waals surface area (Å²) in [4.78, 5) is 30.4. The topological polar surface area (TPSA) is 96.0 Å². The van der Waals surface area contributed by atoms with Crippen molar-refractivity contribution in [3.05, 3.63) is 125 Å². The van der Waals surface area contributed by atoms with E-state index >= 15 is 0 Å². The summed E-state index contributed by atoms with van der Waals surface area (Å²) in [6.45, 7) is 3.53. The molecule has 2 amide bonds. The number of aryl methyl sites for hydroxylation is 2. The van der Waals surface area contributed by atoms with Gasteiger partial charge in [-0.3, -0.25) is 13.9 Å². The summed E-state index contributed by atoms with van der Waals surface area (Å²) in [7, 11) is -2.68. The number of nitrogens with one attached hydrogen (secondary N) is 1. The number of carbonyl (C=O) groups is 2. The Balaban J connectivity index is 1.56. The molecule has 1 fully saturated rings. The number of benzene rings is 4. The lowest BCUT2D eigenvalue weighted by Gasteiger charge is -2.34. The Morgan fingerprint density at radius 1 is 0.851 bits per heavy atom. The number of hydrogen-bond acceptors (Lipinski definition) is 5. The Kier molecular flexibility index (Phi) is 11.0. The minimum atomic E-state index is -4.20. The number of rotatable bonds is 13. The van der Waals surface area contributed by atoms with Crippen LogP contribution < -0.4 is 14.4 Å². The lowest BCUT2D eigenvalue weighted by atomic mass is 10.0. The van der Waals surface area contributed by atoms with E-state index < -0.39 is 28.5 Å². The molecule has 0 radical (unpaired) electrons. The number of sulfonamides is 1. The average Bonchev–Trinajstić information content (AvgIpc) is 3.60. The van der Waals surface area contributed by atoms with Crippen molar-refractivity contribution in [3.8, 4) is 5.75 Å². The zero-order valence-electron chi connectivity index (χ0n) is 27.3. The highest BCUT2D eigenvalue weighted by molar-refractivity contribution is 7.92. The van der Waals surface area contributed by atoms with E-state index in [0.717, 1.165) is 52.2 Å². The zero-order valence-corrected chi connectivity index (χ0v) is 28.1. The molecule has 1 atom stereocenters.